The topological polar surface area (TPSA) is 45.7 Å². The van der Waals surface area contributed by atoms with Crippen molar-refractivity contribution in [2.75, 3.05) is 33.9 Å². The Bertz CT molecular complexity index is 290. The number of methoxy groups -OCH3 is 1. The quantitative estimate of drug-likeness (QED) is 0.411. The molecule has 0 aromatic rings. The largest absolute Gasteiger partial charge is 0.385 e. The summed E-state index contributed by atoms with van der Waals surface area (Å²) in [5.74, 6) is 3.32. The lowest BCUT2D eigenvalue weighted by Crippen LogP contribution is -2.47. The SMILES string of the molecule is C#CCNC(=NC)NCC1(CCOC)CCC1. The van der Waals surface area contributed by atoms with Crippen LogP contribution in [-0.2, 0) is 4.74 Å². The van der Waals surface area contributed by atoms with Crippen LogP contribution in [0.3, 0.4) is 0 Å². The lowest BCUT2D eigenvalue weighted by molar-refractivity contribution is 0.0733. The number of rotatable bonds is 6. The molecule has 4 nitrogen and oxygen atoms in total. The first-order valence-electron chi connectivity index (χ1n) is 6.13. The molecule has 0 radical (unpaired) electrons. The van der Waals surface area contributed by atoms with Crippen LogP contribution in [0, 0.1) is 17.8 Å². The van der Waals surface area contributed by atoms with Crippen molar-refractivity contribution >= 4 is 5.96 Å². The molecule has 2 N–H and O–H groups in total. The molecule has 1 aliphatic rings. The van der Waals surface area contributed by atoms with E-state index in [-0.39, 0.29) is 0 Å². The zero-order valence-corrected chi connectivity index (χ0v) is 10.9. The molecule has 0 aromatic carbocycles. The molecular formula is C13H23N3O. The van der Waals surface area contributed by atoms with Gasteiger partial charge in [-0.25, -0.2) is 0 Å². The fraction of sp³-hybridized carbons (Fsp3) is 0.769. The number of guanidine groups is 1. The van der Waals surface area contributed by atoms with E-state index in [1.54, 1.807) is 14.2 Å². The normalized spacial score (nSPS) is 18.1. The first-order chi connectivity index (χ1) is 8.26. The molecule has 0 bridgehead atoms. The van der Waals surface area contributed by atoms with Gasteiger partial charge in [-0.2, -0.15) is 0 Å². The average Bonchev–Trinajstić information content (AvgIpc) is 2.31. The van der Waals surface area contributed by atoms with E-state index in [2.05, 4.69) is 21.5 Å². The van der Waals surface area contributed by atoms with Crippen molar-refractivity contribution in [3.8, 4) is 12.3 Å². The van der Waals surface area contributed by atoms with Gasteiger partial charge in [-0.3, -0.25) is 4.99 Å². The number of hydrogen-bond acceptors (Lipinski definition) is 2. The van der Waals surface area contributed by atoms with Crippen molar-refractivity contribution < 1.29 is 4.74 Å². The maximum Gasteiger partial charge on any atom is 0.191 e. The minimum Gasteiger partial charge on any atom is -0.385 e. The van der Waals surface area contributed by atoms with Gasteiger partial charge < -0.3 is 15.4 Å². The Balaban J connectivity index is 2.33. The van der Waals surface area contributed by atoms with Gasteiger partial charge in [-0.1, -0.05) is 12.3 Å². The second-order valence-corrected chi connectivity index (χ2v) is 4.58. The van der Waals surface area contributed by atoms with Crippen molar-refractivity contribution in [2.24, 2.45) is 10.4 Å². The highest BCUT2D eigenvalue weighted by atomic mass is 16.5. The summed E-state index contributed by atoms with van der Waals surface area (Å²) >= 11 is 0. The Morgan fingerprint density at radius 2 is 2.24 bits per heavy atom. The number of ether oxygens (including phenoxy) is 1. The molecule has 0 aliphatic heterocycles. The van der Waals surface area contributed by atoms with Crippen LogP contribution < -0.4 is 10.6 Å². The van der Waals surface area contributed by atoms with E-state index in [1.807, 2.05) is 0 Å². The first-order valence-corrected chi connectivity index (χ1v) is 6.13. The van der Waals surface area contributed by atoms with E-state index >= 15 is 0 Å². The molecule has 4 heteroatoms. The fourth-order valence-corrected chi connectivity index (χ4v) is 2.14. The van der Waals surface area contributed by atoms with Gasteiger partial charge in [-0.15, -0.1) is 6.42 Å². The zero-order chi connectivity index (χ0) is 12.6. The summed E-state index contributed by atoms with van der Waals surface area (Å²) in [6.45, 7) is 2.28. The third kappa shape index (κ3) is 4.27. The summed E-state index contributed by atoms with van der Waals surface area (Å²) in [5.41, 5.74) is 0.393. The standard InChI is InChI=1S/C13H23N3O/c1-4-9-15-12(14-2)16-11-13(6-5-7-13)8-10-17-3/h1H,5-11H2,2-3H3,(H2,14,15,16). The molecule has 0 spiro atoms. The molecule has 1 fully saturated rings. The van der Waals surface area contributed by atoms with Crippen molar-refractivity contribution in [3.05, 3.63) is 0 Å². The maximum atomic E-state index is 5.20. The van der Waals surface area contributed by atoms with E-state index < -0.39 is 0 Å². The van der Waals surface area contributed by atoms with Gasteiger partial charge in [-0.05, 0) is 24.7 Å². The van der Waals surface area contributed by atoms with Gasteiger partial charge >= 0.3 is 0 Å². The Kier molecular flexibility index (Phi) is 5.85. The van der Waals surface area contributed by atoms with Crippen LogP contribution in [-0.4, -0.2) is 39.8 Å². The van der Waals surface area contributed by atoms with Crippen molar-refractivity contribution in [3.63, 3.8) is 0 Å². The molecule has 1 aliphatic carbocycles. The van der Waals surface area contributed by atoms with E-state index in [0.717, 1.165) is 25.5 Å². The average molecular weight is 237 g/mol. The van der Waals surface area contributed by atoms with Crippen molar-refractivity contribution in [2.45, 2.75) is 25.7 Å². The molecule has 1 saturated carbocycles. The third-order valence-corrected chi connectivity index (χ3v) is 3.46. The van der Waals surface area contributed by atoms with Crippen LogP contribution >= 0.6 is 0 Å². The zero-order valence-electron chi connectivity index (χ0n) is 10.9. The first kappa shape index (κ1) is 13.9. The lowest BCUT2D eigenvalue weighted by atomic mass is 9.67. The van der Waals surface area contributed by atoms with Crippen molar-refractivity contribution in [1.82, 2.24) is 10.6 Å². The van der Waals surface area contributed by atoms with Gasteiger partial charge in [0.1, 0.15) is 0 Å². The maximum absolute atomic E-state index is 5.20. The minimum atomic E-state index is 0.393. The van der Waals surface area contributed by atoms with Gasteiger partial charge in [0.2, 0.25) is 0 Å². The Labute approximate surface area is 104 Å². The molecule has 1 rings (SSSR count). The van der Waals surface area contributed by atoms with E-state index in [1.165, 1.54) is 19.3 Å². The molecule has 96 valence electrons. The van der Waals surface area contributed by atoms with Crippen LogP contribution in [0.4, 0.5) is 0 Å². The summed E-state index contributed by atoms with van der Waals surface area (Å²) in [7, 11) is 3.52. The summed E-state index contributed by atoms with van der Waals surface area (Å²) in [6, 6.07) is 0. The number of aliphatic imine (C=N–C) groups is 1. The number of nitrogens with one attached hydrogen (secondary N) is 2. The van der Waals surface area contributed by atoms with Gasteiger partial charge in [0, 0.05) is 27.3 Å². The summed E-state index contributed by atoms with van der Waals surface area (Å²) < 4.78 is 5.17. The van der Waals surface area contributed by atoms with Crippen LogP contribution in [0.25, 0.3) is 0 Å². The highest BCUT2D eigenvalue weighted by Gasteiger charge is 2.36. The van der Waals surface area contributed by atoms with Crippen LogP contribution in [0.2, 0.25) is 0 Å². The predicted octanol–water partition coefficient (Wildman–Crippen LogP) is 0.991. The third-order valence-electron chi connectivity index (χ3n) is 3.46. The number of terminal acetylenes is 1. The van der Waals surface area contributed by atoms with Gasteiger partial charge in [0.15, 0.2) is 5.96 Å². The highest BCUT2D eigenvalue weighted by Crippen LogP contribution is 2.43. The number of nitrogens with zero attached hydrogens (tertiary/aromatic N) is 1. The monoisotopic (exact) mass is 237 g/mol. The second kappa shape index (κ2) is 7.18. The minimum absolute atomic E-state index is 0.393. The van der Waals surface area contributed by atoms with Crippen LogP contribution in [0.15, 0.2) is 4.99 Å². The van der Waals surface area contributed by atoms with Crippen LogP contribution in [0.5, 0.6) is 0 Å². The molecule has 0 atom stereocenters. The molecule has 17 heavy (non-hydrogen) atoms. The lowest BCUT2D eigenvalue weighted by Gasteiger charge is -2.42. The second-order valence-electron chi connectivity index (χ2n) is 4.58. The fourth-order valence-electron chi connectivity index (χ4n) is 2.14. The van der Waals surface area contributed by atoms with Crippen LogP contribution in [0.1, 0.15) is 25.7 Å². The smallest absolute Gasteiger partial charge is 0.191 e. The molecule has 0 saturated heterocycles. The summed E-state index contributed by atoms with van der Waals surface area (Å²) in [6.07, 6.45) is 10.2. The van der Waals surface area contributed by atoms with E-state index in [9.17, 15) is 0 Å². The Morgan fingerprint density at radius 1 is 1.47 bits per heavy atom. The highest BCUT2D eigenvalue weighted by molar-refractivity contribution is 5.79. The molecule has 0 amide bonds. The molecule has 0 unspecified atom stereocenters. The Morgan fingerprint density at radius 3 is 2.71 bits per heavy atom. The van der Waals surface area contributed by atoms with Crippen molar-refractivity contribution in [1.29, 1.82) is 0 Å². The van der Waals surface area contributed by atoms with Gasteiger partial charge in [0.25, 0.3) is 0 Å². The molecule has 0 aromatic heterocycles. The van der Waals surface area contributed by atoms with E-state index in [4.69, 9.17) is 11.2 Å². The predicted molar refractivity (Wildman–Crippen MR) is 71.0 cm³/mol. The molecular weight excluding hydrogens is 214 g/mol. The summed E-state index contributed by atoms with van der Waals surface area (Å²) in [5, 5.41) is 6.41. The number of hydrogen-bond donors (Lipinski definition) is 2. The summed E-state index contributed by atoms with van der Waals surface area (Å²) in [4.78, 5) is 4.13. The van der Waals surface area contributed by atoms with E-state index in [0.29, 0.717) is 12.0 Å². The Hall–Kier alpha value is -1.21. The van der Waals surface area contributed by atoms with Gasteiger partial charge in [0.05, 0.1) is 6.54 Å². The molecule has 0 heterocycles.